The quantitative estimate of drug-likeness (QED) is 0.431. The van der Waals surface area contributed by atoms with Gasteiger partial charge in [0.1, 0.15) is 17.5 Å². The van der Waals surface area contributed by atoms with Crippen molar-refractivity contribution in [3.63, 3.8) is 0 Å². The van der Waals surface area contributed by atoms with Crippen LogP contribution < -0.4 is 20.1 Å². The minimum Gasteiger partial charge on any atom is -0.497 e. The van der Waals surface area contributed by atoms with Gasteiger partial charge in [-0.1, -0.05) is 42.5 Å². The molecule has 0 aliphatic heterocycles. The van der Waals surface area contributed by atoms with Gasteiger partial charge in [0.2, 0.25) is 0 Å². The molecule has 1 atom stereocenters. The Morgan fingerprint density at radius 1 is 0.829 bits per heavy atom. The lowest BCUT2D eigenvalue weighted by Crippen LogP contribution is -2.43. The molecule has 35 heavy (non-hydrogen) atoms. The van der Waals surface area contributed by atoms with Crippen molar-refractivity contribution in [3.8, 4) is 11.5 Å². The summed E-state index contributed by atoms with van der Waals surface area (Å²) in [5, 5.41) is 5.42. The van der Waals surface area contributed by atoms with Crippen LogP contribution in [0.25, 0.3) is 0 Å². The first-order valence-corrected chi connectivity index (χ1v) is 11.2. The van der Waals surface area contributed by atoms with Crippen molar-refractivity contribution in [2.75, 3.05) is 13.7 Å². The third kappa shape index (κ3) is 7.89. The summed E-state index contributed by atoms with van der Waals surface area (Å²) in [6.45, 7) is 2.22. The van der Waals surface area contributed by atoms with Gasteiger partial charge in [-0.05, 0) is 54.4 Å². The molecule has 3 rings (SSSR count). The lowest BCUT2D eigenvalue weighted by molar-refractivity contribution is -0.145. The van der Waals surface area contributed by atoms with Crippen LogP contribution in [0.4, 0.5) is 4.79 Å². The number of esters is 1. The molecule has 8 nitrogen and oxygen atoms in total. The molecule has 0 fully saturated rings. The normalized spacial score (nSPS) is 11.1. The minimum absolute atomic E-state index is 0.203. The number of carbonyl (C=O) groups is 3. The molecule has 0 aromatic heterocycles. The van der Waals surface area contributed by atoms with Crippen LogP contribution in [-0.4, -0.2) is 37.7 Å². The van der Waals surface area contributed by atoms with E-state index >= 15 is 0 Å². The molecule has 0 spiro atoms. The number of carbonyl (C=O) groups excluding carboxylic acids is 3. The zero-order valence-electron chi connectivity index (χ0n) is 19.7. The second-order valence-electron chi connectivity index (χ2n) is 7.58. The van der Waals surface area contributed by atoms with E-state index in [0.717, 1.165) is 16.9 Å². The van der Waals surface area contributed by atoms with Crippen molar-refractivity contribution in [2.45, 2.75) is 25.9 Å². The van der Waals surface area contributed by atoms with Gasteiger partial charge >= 0.3 is 12.1 Å². The number of methoxy groups -OCH3 is 1. The standard InChI is InChI=1S/C27H28N2O6/c1-3-34-26(31)24(29-25(30)21-7-5-4-6-8-21)17-19-9-15-23(16-10-19)35-27(32)28-18-20-11-13-22(33-2)14-12-20/h4-16,24H,3,17-18H2,1-2H3,(H,28,32)(H,29,30)/t24-/m0/s1. The molecule has 3 aromatic carbocycles. The number of nitrogens with one attached hydrogen (secondary N) is 2. The Kier molecular flexibility index (Phi) is 9.24. The summed E-state index contributed by atoms with van der Waals surface area (Å²) in [7, 11) is 1.59. The first kappa shape index (κ1) is 25.3. The molecule has 2 N–H and O–H groups in total. The third-order valence-electron chi connectivity index (χ3n) is 5.08. The van der Waals surface area contributed by atoms with Crippen molar-refractivity contribution in [1.29, 1.82) is 0 Å². The zero-order valence-corrected chi connectivity index (χ0v) is 19.7. The van der Waals surface area contributed by atoms with E-state index in [-0.39, 0.29) is 18.9 Å². The van der Waals surface area contributed by atoms with Crippen LogP contribution in [0.2, 0.25) is 0 Å². The summed E-state index contributed by atoms with van der Waals surface area (Å²) in [6, 6.07) is 21.8. The fourth-order valence-corrected chi connectivity index (χ4v) is 3.26. The Morgan fingerprint density at radius 2 is 1.46 bits per heavy atom. The predicted octanol–water partition coefficient (Wildman–Crippen LogP) is 3.89. The average Bonchev–Trinajstić information content (AvgIpc) is 2.89. The van der Waals surface area contributed by atoms with Crippen molar-refractivity contribution in [3.05, 3.63) is 95.6 Å². The Balaban J connectivity index is 1.56. The maximum Gasteiger partial charge on any atom is 0.412 e. The monoisotopic (exact) mass is 476 g/mol. The SMILES string of the molecule is CCOC(=O)[C@H](Cc1ccc(OC(=O)NCc2ccc(OC)cc2)cc1)NC(=O)c1ccccc1. The molecule has 0 unspecified atom stereocenters. The summed E-state index contributed by atoms with van der Waals surface area (Å²) in [5.74, 6) is 0.204. The summed E-state index contributed by atoms with van der Waals surface area (Å²) in [4.78, 5) is 37.1. The van der Waals surface area contributed by atoms with Crippen LogP contribution in [-0.2, 0) is 22.5 Å². The molecule has 0 aliphatic rings. The Morgan fingerprint density at radius 3 is 2.09 bits per heavy atom. The van der Waals surface area contributed by atoms with Gasteiger partial charge in [-0.15, -0.1) is 0 Å². The molecule has 3 aromatic rings. The van der Waals surface area contributed by atoms with Crippen molar-refractivity contribution in [1.82, 2.24) is 10.6 Å². The van der Waals surface area contributed by atoms with E-state index in [2.05, 4.69) is 10.6 Å². The van der Waals surface area contributed by atoms with Gasteiger partial charge in [0.15, 0.2) is 0 Å². The van der Waals surface area contributed by atoms with Crippen LogP contribution >= 0.6 is 0 Å². The van der Waals surface area contributed by atoms with E-state index in [1.807, 2.05) is 30.3 Å². The van der Waals surface area contributed by atoms with E-state index in [4.69, 9.17) is 14.2 Å². The van der Waals surface area contributed by atoms with Gasteiger partial charge in [-0.3, -0.25) is 4.79 Å². The molecular formula is C27H28N2O6. The lowest BCUT2D eigenvalue weighted by Gasteiger charge is -2.17. The smallest absolute Gasteiger partial charge is 0.412 e. The molecule has 2 amide bonds. The lowest BCUT2D eigenvalue weighted by atomic mass is 10.0. The average molecular weight is 477 g/mol. The van der Waals surface area contributed by atoms with Crippen molar-refractivity contribution < 1.29 is 28.6 Å². The Bertz CT molecular complexity index is 1110. The molecular weight excluding hydrogens is 448 g/mol. The molecule has 0 saturated heterocycles. The molecule has 0 saturated carbocycles. The second kappa shape index (κ2) is 12.8. The third-order valence-corrected chi connectivity index (χ3v) is 5.08. The predicted molar refractivity (Wildman–Crippen MR) is 130 cm³/mol. The highest BCUT2D eigenvalue weighted by atomic mass is 16.6. The van der Waals surface area contributed by atoms with E-state index in [0.29, 0.717) is 17.9 Å². The number of amides is 2. The molecule has 182 valence electrons. The van der Waals surface area contributed by atoms with Gasteiger partial charge in [-0.25, -0.2) is 9.59 Å². The first-order valence-electron chi connectivity index (χ1n) is 11.2. The summed E-state index contributed by atoms with van der Waals surface area (Å²) >= 11 is 0. The molecule has 0 aliphatic carbocycles. The van der Waals surface area contributed by atoms with Gasteiger partial charge in [-0.2, -0.15) is 0 Å². The van der Waals surface area contributed by atoms with Gasteiger partial charge < -0.3 is 24.8 Å². The van der Waals surface area contributed by atoms with Crippen LogP contribution in [0.15, 0.2) is 78.9 Å². The summed E-state index contributed by atoms with van der Waals surface area (Å²) in [5.41, 5.74) is 2.12. The molecule has 0 heterocycles. The highest BCUT2D eigenvalue weighted by molar-refractivity contribution is 5.96. The number of rotatable bonds is 10. The first-order chi connectivity index (χ1) is 17.0. The van der Waals surface area contributed by atoms with Crippen molar-refractivity contribution >= 4 is 18.0 Å². The largest absolute Gasteiger partial charge is 0.497 e. The Labute approximate surface area is 204 Å². The fraction of sp³-hybridized carbons (Fsp3) is 0.222. The molecule has 0 radical (unpaired) electrons. The maximum absolute atomic E-state index is 12.5. The number of ether oxygens (including phenoxy) is 3. The Hall–Kier alpha value is -4.33. The van der Waals surface area contributed by atoms with Gasteiger partial charge in [0.05, 0.1) is 13.7 Å². The summed E-state index contributed by atoms with van der Waals surface area (Å²) in [6.07, 6.45) is -0.366. The highest BCUT2D eigenvalue weighted by Crippen LogP contribution is 2.15. The zero-order chi connectivity index (χ0) is 25.0. The topological polar surface area (TPSA) is 103 Å². The molecule has 0 bridgehead atoms. The maximum atomic E-state index is 12.5. The fourth-order valence-electron chi connectivity index (χ4n) is 3.26. The number of hydrogen-bond donors (Lipinski definition) is 2. The van der Waals surface area contributed by atoms with Crippen molar-refractivity contribution in [2.24, 2.45) is 0 Å². The van der Waals surface area contributed by atoms with E-state index in [9.17, 15) is 14.4 Å². The molecule has 8 heteroatoms. The number of hydrogen-bond acceptors (Lipinski definition) is 6. The van der Waals surface area contributed by atoms with Crippen LogP contribution in [0.5, 0.6) is 11.5 Å². The van der Waals surface area contributed by atoms with E-state index < -0.39 is 18.1 Å². The van der Waals surface area contributed by atoms with Crippen LogP contribution in [0, 0.1) is 0 Å². The van der Waals surface area contributed by atoms with Crippen LogP contribution in [0.1, 0.15) is 28.4 Å². The second-order valence-corrected chi connectivity index (χ2v) is 7.58. The summed E-state index contributed by atoms with van der Waals surface area (Å²) < 4.78 is 15.6. The van der Waals surface area contributed by atoms with Crippen LogP contribution in [0.3, 0.4) is 0 Å². The minimum atomic E-state index is -0.859. The van der Waals surface area contributed by atoms with E-state index in [1.54, 1.807) is 62.6 Å². The number of benzene rings is 3. The van der Waals surface area contributed by atoms with Gasteiger partial charge in [0, 0.05) is 18.5 Å². The van der Waals surface area contributed by atoms with Gasteiger partial charge in [0.25, 0.3) is 5.91 Å². The van der Waals surface area contributed by atoms with E-state index in [1.165, 1.54) is 0 Å². The highest BCUT2D eigenvalue weighted by Gasteiger charge is 2.23.